The fourth-order valence-electron chi connectivity index (χ4n) is 4.74. The summed E-state index contributed by atoms with van der Waals surface area (Å²) in [5.74, 6) is 0.905. The lowest BCUT2D eigenvalue weighted by Crippen LogP contribution is -2.40. The van der Waals surface area contributed by atoms with Crippen molar-refractivity contribution >= 4 is 34.3 Å². The Morgan fingerprint density at radius 1 is 1.24 bits per heavy atom. The van der Waals surface area contributed by atoms with E-state index in [9.17, 15) is 14.7 Å². The van der Waals surface area contributed by atoms with Gasteiger partial charge >= 0.3 is 0 Å². The fraction of sp³-hybridized carbons (Fsp3) is 0.435. The molecular formula is C23H27N7O3. The zero-order valence-electron chi connectivity index (χ0n) is 18.9. The third kappa shape index (κ3) is 3.70. The van der Waals surface area contributed by atoms with Crippen LogP contribution in [-0.2, 0) is 6.54 Å². The highest BCUT2D eigenvalue weighted by Gasteiger charge is 2.38. The van der Waals surface area contributed by atoms with Crippen molar-refractivity contribution in [1.29, 1.82) is 0 Å². The highest BCUT2D eigenvalue weighted by atomic mass is 16.3. The number of benzene rings is 1. The zero-order chi connectivity index (χ0) is 23.3. The lowest BCUT2D eigenvalue weighted by atomic mass is 10.1. The molecule has 0 radical (unpaired) electrons. The maximum atomic E-state index is 13.7. The molecule has 10 nitrogen and oxygen atoms in total. The van der Waals surface area contributed by atoms with Gasteiger partial charge in [0.1, 0.15) is 16.9 Å². The number of amides is 1. The molecular weight excluding hydrogens is 422 g/mol. The predicted molar refractivity (Wildman–Crippen MR) is 126 cm³/mol. The molecule has 4 heterocycles. The molecule has 1 amide bonds. The number of anilines is 3. The summed E-state index contributed by atoms with van der Waals surface area (Å²) in [5.41, 5.74) is 0.173. The lowest BCUT2D eigenvalue weighted by Gasteiger charge is -2.27. The third-order valence-corrected chi connectivity index (χ3v) is 6.19. The first-order valence-corrected chi connectivity index (χ1v) is 11.1. The molecule has 1 atom stereocenters. The minimum Gasteiger partial charge on any atom is -0.389 e. The predicted octanol–water partition coefficient (Wildman–Crippen LogP) is 1.63. The van der Waals surface area contributed by atoms with Crippen LogP contribution in [0, 0.1) is 0 Å². The molecule has 10 heteroatoms. The Labute approximate surface area is 190 Å². The van der Waals surface area contributed by atoms with Gasteiger partial charge in [-0.15, -0.1) is 0 Å². The highest BCUT2D eigenvalue weighted by Crippen LogP contribution is 2.35. The van der Waals surface area contributed by atoms with Gasteiger partial charge in [0.2, 0.25) is 5.95 Å². The van der Waals surface area contributed by atoms with Crippen LogP contribution in [0.25, 0.3) is 10.9 Å². The molecule has 172 valence electrons. The number of hydrogen-bond donors (Lipinski definition) is 2. The van der Waals surface area contributed by atoms with Crippen molar-refractivity contribution in [1.82, 2.24) is 19.5 Å². The summed E-state index contributed by atoms with van der Waals surface area (Å²) in [7, 11) is 1.75. The van der Waals surface area contributed by atoms with E-state index in [1.165, 1.54) is 10.9 Å². The molecule has 0 saturated carbocycles. The Kier molecular flexibility index (Phi) is 5.04. The first kappa shape index (κ1) is 21.3. The minimum atomic E-state index is -1.06. The molecule has 0 spiro atoms. The standard InChI is InChI=1S/C23H27N7O3/c1-23(2,33)12-28-13-26-18-15(20(28)31)7-4-8-17(18)30-11-14-6-5-9-29(14)19-16(21(30)32)10-25-22(24-3)27-19/h4,7-8,10,13-14,33H,5-6,9,11-12H2,1-3H3,(H,24,25,27)/t14-/m0/s1. The van der Waals surface area contributed by atoms with Gasteiger partial charge in [-0.05, 0) is 38.8 Å². The molecule has 33 heavy (non-hydrogen) atoms. The van der Waals surface area contributed by atoms with E-state index in [4.69, 9.17) is 0 Å². The lowest BCUT2D eigenvalue weighted by molar-refractivity contribution is 0.0603. The van der Waals surface area contributed by atoms with Crippen molar-refractivity contribution in [3.8, 4) is 0 Å². The summed E-state index contributed by atoms with van der Waals surface area (Å²) >= 11 is 0. The van der Waals surface area contributed by atoms with Gasteiger partial charge in [-0.25, -0.2) is 9.97 Å². The minimum absolute atomic E-state index is 0.112. The number of para-hydroxylation sites is 1. The Morgan fingerprint density at radius 2 is 2.06 bits per heavy atom. The Hall–Kier alpha value is -3.53. The largest absolute Gasteiger partial charge is 0.389 e. The maximum absolute atomic E-state index is 13.7. The average Bonchev–Trinajstić information content (AvgIpc) is 3.21. The summed E-state index contributed by atoms with van der Waals surface area (Å²) in [6.45, 7) is 4.70. The molecule has 1 fully saturated rings. The van der Waals surface area contributed by atoms with Gasteiger partial charge in [-0.3, -0.25) is 14.2 Å². The van der Waals surface area contributed by atoms with E-state index in [1.807, 2.05) is 6.07 Å². The normalized spacial score (nSPS) is 18.3. The number of aromatic nitrogens is 4. The number of nitrogens with one attached hydrogen (secondary N) is 1. The van der Waals surface area contributed by atoms with E-state index < -0.39 is 5.60 Å². The monoisotopic (exact) mass is 449 g/mol. The van der Waals surface area contributed by atoms with Crippen molar-refractivity contribution in [3.05, 3.63) is 46.6 Å². The molecule has 1 saturated heterocycles. The van der Waals surface area contributed by atoms with Gasteiger partial charge in [0, 0.05) is 32.4 Å². The van der Waals surface area contributed by atoms with Gasteiger partial charge in [0.25, 0.3) is 11.5 Å². The molecule has 3 aromatic rings. The summed E-state index contributed by atoms with van der Waals surface area (Å²) in [4.78, 5) is 44.1. The first-order chi connectivity index (χ1) is 15.8. The second kappa shape index (κ2) is 7.80. The molecule has 0 unspecified atom stereocenters. The van der Waals surface area contributed by atoms with Crippen LogP contribution in [0.3, 0.4) is 0 Å². The number of rotatable bonds is 4. The van der Waals surface area contributed by atoms with Gasteiger partial charge < -0.3 is 20.2 Å². The second-order valence-corrected chi connectivity index (χ2v) is 9.25. The van der Waals surface area contributed by atoms with Crippen LogP contribution in [0.4, 0.5) is 17.5 Å². The SMILES string of the molecule is CNc1ncc2c(n1)N1CCC[C@H]1CN(c1cccc3c(=O)n(CC(C)(C)O)cnc13)C2=O. The van der Waals surface area contributed by atoms with Crippen LogP contribution < -0.4 is 20.7 Å². The highest BCUT2D eigenvalue weighted by molar-refractivity contribution is 6.13. The number of hydrogen-bond acceptors (Lipinski definition) is 8. The maximum Gasteiger partial charge on any atom is 0.263 e. The third-order valence-electron chi connectivity index (χ3n) is 6.19. The first-order valence-electron chi connectivity index (χ1n) is 11.1. The van der Waals surface area contributed by atoms with Gasteiger partial charge in [0.05, 0.1) is 29.5 Å². The molecule has 2 aromatic heterocycles. The Morgan fingerprint density at radius 3 is 2.82 bits per heavy atom. The summed E-state index contributed by atoms with van der Waals surface area (Å²) < 4.78 is 1.40. The molecule has 1 aromatic carbocycles. The van der Waals surface area contributed by atoms with E-state index in [0.29, 0.717) is 40.5 Å². The van der Waals surface area contributed by atoms with Gasteiger partial charge in [-0.1, -0.05) is 6.07 Å². The van der Waals surface area contributed by atoms with Crippen LogP contribution in [0.15, 0.2) is 35.5 Å². The van der Waals surface area contributed by atoms with Crippen molar-refractivity contribution in [2.24, 2.45) is 0 Å². The summed E-state index contributed by atoms with van der Waals surface area (Å²) in [6, 6.07) is 5.40. The summed E-state index contributed by atoms with van der Waals surface area (Å²) in [6.07, 6.45) is 4.96. The smallest absolute Gasteiger partial charge is 0.263 e. The number of nitrogens with zero attached hydrogens (tertiary/aromatic N) is 6. The Balaban J connectivity index is 1.64. The van der Waals surface area contributed by atoms with E-state index in [2.05, 4.69) is 25.2 Å². The number of aliphatic hydroxyl groups is 1. The molecule has 5 rings (SSSR count). The van der Waals surface area contributed by atoms with Crippen LogP contribution in [0.2, 0.25) is 0 Å². The van der Waals surface area contributed by atoms with E-state index in [0.717, 1.165) is 19.4 Å². The molecule has 0 aliphatic carbocycles. The van der Waals surface area contributed by atoms with Crippen LogP contribution >= 0.6 is 0 Å². The van der Waals surface area contributed by atoms with Crippen LogP contribution in [0.1, 0.15) is 37.0 Å². The molecule has 2 aliphatic heterocycles. The molecule has 0 bridgehead atoms. The van der Waals surface area contributed by atoms with Crippen molar-refractivity contribution < 1.29 is 9.90 Å². The van der Waals surface area contributed by atoms with Gasteiger partial charge in [0.15, 0.2) is 0 Å². The number of fused-ring (bicyclic) bond motifs is 4. The van der Waals surface area contributed by atoms with Crippen LogP contribution in [-0.4, -0.2) is 62.3 Å². The second-order valence-electron chi connectivity index (χ2n) is 9.25. The average molecular weight is 450 g/mol. The Bertz CT molecular complexity index is 1300. The van der Waals surface area contributed by atoms with Crippen molar-refractivity contribution in [3.63, 3.8) is 0 Å². The van der Waals surface area contributed by atoms with Crippen LogP contribution in [0.5, 0.6) is 0 Å². The quantitative estimate of drug-likeness (QED) is 0.617. The topological polar surface area (TPSA) is 116 Å². The number of carbonyl (C=O) groups excluding carboxylic acids is 1. The van der Waals surface area contributed by atoms with E-state index in [-0.39, 0.29) is 24.1 Å². The van der Waals surface area contributed by atoms with Crippen molar-refractivity contribution in [2.75, 3.05) is 35.3 Å². The summed E-state index contributed by atoms with van der Waals surface area (Å²) in [5, 5.41) is 13.5. The zero-order valence-corrected chi connectivity index (χ0v) is 18.9. The van der Waals surface area contributed by atoms with E-state index in [1.54, 1.807) is 44.1 Å². The van der Waals surface area contributed by atoms with Gasteiger partial charge in [-0.2, -0.15) is 4.98 Å². The molecule has 2 N–H and O–H groups in total. The fourth-order valence-corrected chi connectivity index (χ4v) is 4.74. The number of carbonyl (C=O) groups is 1. The molecule has 2 aliphatic rings. The van der Waals surface area contributed by atoms with E-state index >= 15 is 0 Å². The van der Waals surface area contributed by atoms with Crippen molar-refractivity contribution in [2.45, 2.75) is 44.9 Å².